The minimum absolute atomic E-state index is 0.185. The Kier molecular flexibility index (Phi) is 39.0. The molecule has 0 saturated heterocycles. The molecule has 4 N–H and O–H groups in total. The van der Waals surface area contributed by atoms with Crippen molar-refractivity contribution in [2.24, 2.45) is 47.3 Å². The molecule has 2 aliphatic carbocycles. The molecular formula is C65H100O14. The van der Waals surface area contributed by atoms with Crippen LogP contribution in [-0.4, -0.2) is 81.5 Å². The predicted molar refractivity (Wildman–Crippen MR) is 310 cm³/mol. The zero-order valence-corrected chi connectivity index (χ0v) is 48.3. The molecule has 0 fully saturated rings. The SMILES string of the molecule is CCCCC=CC=CC=CCCCCCCCC(=O)OC(COC(=O)CCCCCCCC=CC1C=CC(CCCC)C(C(=O)O)C1C(=O)O)COC(=O)CCCCCCCC=CC1C=CC(CCCC)C(C(=O)O)C1C(=O)O. The summed E-state index contributed by atoms with van der Waals surface area (Å²) >= 11 is 0. The van der Waals surface area contributed by atoms with Gasteiger partial charge in [0.05, 0.1) is 23.7 Å². The van der Waals surface area contributed by atoms with Gasteiger partial charge in [0.1, 0.15) is 13.2 Å². The lowest BCUT2D eigenvalue weighted by molar-refractivity contribution is -0.167. The number of carbonyl (C=O) groups is 7. The van der Waals surface area contributed by atoms with Crippen LogP contribution in [0, 0.1) is 47.3 Å². The van der Waals surface area contributed by atoms with Crippen LogP contribution in [0.4, 0.5) is 0 Å². The molecule has 2 rings (SSSR count). The largest absolute Gasteiger partial charge is 0.481 e. The molecule has 14 nitrogen and oxygen atoms in total. The lowest BCUT2D eigenvalue weighted by atomic mass is 9.69. The number of ether oxygens (including phenoxy) is 3. The molecule has 8 atom stereocenters. The van der Waals surface area contributed by atoms with E-state index in [1.54, 1.807) is 0 Å². The Morgan fingerprint density at radius 3 is 1.11 bits per heavy atom. The van der Waals surface area contributed by atoms with Crippen LogP contribution in [0.2, 0.25) is 0 Å². The van der Waals surface area contributed by atoms with Gasteiger partial charge in [-0.05, 0) is 88.9 Å². The maximum Gasteiger partial charge on any atom is 0.308 e. The average Bonchev–Trinajstić information content (AvgIpc) is 3.46. The van der Waals surface area contributed by atoms with Gasteiger partial charge in [-0.3, -0.25) is 33.6 Å². The third-order valence-corrected chi connectivity index (χ3v) is 15.1. The Morgan fingerprint density at radius 1 is 0.392 bits per heavy atom. The molecule has 8 unspecified atom stereocenters. The first-order chi connectivity index (χ1) is 38.2. The van der Waals surface area contributed by atoms with Crippen molar-refractivity contribution in [3.05, 3.63) is 85.1 Å². The van der Waals surface area contributed by atoms with Crippen molar-refractivity contribution >= 4 is 41.8 Å². The molecule has 0 radical (unpaired) electrons. The van der Waals surface area contributed by atoms with E-state index in [2.05, 4.69) is 37.3 Å². The second kappa shape index (κ2) is 44.2. The number of allylic oxidation sites excluding steroid dienone is 14. The van der Waals surface area contributed by atoms with Crippen LogP contribution in [0.25, 0.3) is 0 Å². The number of rotatable bonds is 46. The minimum Gasteiger partial charge on any atom is -0.481 e. The van der Waals surface area contributed by atoms with E-state index >= 15 is 0 Å². The average molecular weight is 1110 g/mol. The number of hydrogen-bond acceptors (Lipinski definition) is 10. The van der Waals surface area contributed by atoms with Crippen molar-refractivity contribution in [2.45, 2.75) is 219 Å². The van der Waals surface area contributed by atoms with Gasteiger partial charge < -0.3 is 34.6 Å². The molecule has 0 heterocycles. The summed E-state index contributed by atoms with van der Waals surface area (Å²) in [7, 11) is 0. The fourth-order valence-corrected chi connectivity index (χ4v) is 10.5. The standard InChI is InChI=1S/C65H100O14/c1-4-7-10-11-12-13-14-15-16-17-18-19-24-31-36-43-57(68)79-54(48-77-55(66)41-34-29-25-20-22-27-32-39-52-46-44-50(37-8-5-2)58(62(69)70)60(52)64(73)74)49-78-56(67)42-35-30-26-21-23-28-33-40-53-47-45-51(38-9-6-3)59(63(71)72)61(53)65(75)76/h11-16,32-33,39-40,44-47,50-54,58-61H,4-10,17-31,34-38,41-43,48-49H2,1-3H3,(H,69,70)(H,71,72)(H,73,74)(H,75,76). The lowest BCUT2D eigenvalue weighted by Gasteiger charge is -2.33. The van der Waals surface area contributed by atoms with Crippen molar-refractivity contribution < 1.29 is 68.2 Å². The van der Waals surface area contributed by atoms with Gasteiger partial charge in [-0.25, -0.2) is 0 Å². The van der Waals surface area contributed by atoms with Crippen molar-refractivity contribution in [1.82, 2.24) is 0 Å². The number of unbranched alkanes of at least 4 members (excludes halogenated alkanes) is 19. The molecule has 0 bridgehead atoms. The summed E-state index contributed by atoms with van der Waals surface area (Å²) in [4.78, 5) is 87.2. The van der Waals surface area contributed by atoms with Crippen LogP contribution < -0.4 is 0 Å². The van der Waals surface area contributed by atoms with E-state index in [1.165, 1.54) is 12.8 Å². The number of carboxylic acid groups (broad SMARTS) is 4. The molecule has 0 saturated carbocycles. The maximum absolute atomic E-state index is 12.9. The number of esters is 3. The van der Waals surface area contributed by atoms with Crippen molar-refractivity contribution in [3.63, 3.8) is 0 Å². The smallest absolute Gasteiger partial charge is 0.308 e. The fourth-order valence-electron chi connectivity index (χ4n) is 10.5. The fraction of sp³-hybridized carbons (Fsp3) is 0.677. The zero-order chi connectivity index (χ0) is 57.9. The van der Waals surface area contributed by atoms with E-state index in [9.17, 15) is 54.0 Å². The molecule has 0 aromatic carbocycles. The molecule has 14 heteroatoms. The van der Waals surface area contributed by atoms with Crippen LogP contribution in [0.1, 0.15) is 213 Å². The van der Waals surface area contributed by atoms with Gasteiger partial charge in [-0.2, -0.15) is 0 Å². The molecule has 0 amide bonds. The van der Waals surface area contributed by atoms with Crippen molar-refractivity contribution in [1.29, 1.82) is 0 Å². The molecule has 444 valence electrons. The Morgan fingerprint density at radius 2 is 0.734 bits per heavy atom. The quantitative estimate of drug-likeness (QED) is 0.0146. The first-order valence-corrected chi connectivity index (χ1v) is 30.4. The summed E-state index contributed by atoms with van der Waals surface area (Å²) in [6.45, 7) is 5.79. The summed E-state index contributed by atoms with van der Waals surface area (Å²) in [5.41, 5.74) is 0. The highest BCUT2D eigenvalue weighted by Gasteiger charge is 2.45. The summed E-state index contributed by atoms with van der Waals surface area (Å²) in [5.74, 6) is -11.1. The van der Waals surface area contributed by atoms with Gasteiger partial charge in [-0.15, -0.1) is 0 Å². The molecular weight excluding hydrogens is 1000 g/mol. The van der Waals surface area contributed by atoms with Crippen LogP contribution in [-0.2, 0) is 47.8 Å². The third kappa shape index (κ3) is 31.2. The van der Waals surface area contributed by atoms with Gasteiger partial charge in [0.25, 0.3) is 0 Å². The zero-order valence-electron chi connectivity index (χ0n) is 48.3. The van der Waals surface area contributed by atoms with E-state index < -0.39 is 83.4 Å². The van der Waals surface area contributed by atoms with Gasteiger partial charge in [0, 0.05) is 31.1 Å². The van der Waals surface area contributed by atoms with Crippen LogP contribution in [0.5, 0.6) is 0 Å². The van der Waals surface area contributed by atoms with E-state index in [0.29, 0.717) is 32.1 Å². The van der Waals surface area contributed by atoms with Crippen molar-refractivity contribution in [2.75, 3.05) is 13.2 Å². The number of carbonyl (C=O) groups excluding carboxylic acids is 3. The topological polar surface area (TPSA) is 228 Å². The monoisotopic (exact) mass is 1100 g/mol. The van der Waals surface area contributed by atoms with Crippen LogP contribution in [0.3, 0.4) is 0 Å². The first-order valence-electron chi connectivity index (χ1n) is 30.4. The van der Waals surface area contributed by atoms with Gasteiger partial charge in [0.2, 0.25) is 0 Å². The predicted octanol–water partition coefficient (Wildman–Crippen LogP) is 14.9. The third-order valence-electron chi connectivity index (χ3n) is 15.1. The minimum atomic E-state index is -1.09. The second-order valence-corrected chi connectivity index (χ2v) is 21.6. The van der Waals surface area contributed by atoms with E-state index in [1.807, 2.05) is 68.5 Å². The Hall–Kier alpha value is -5.53. The first kappa shape index (κ1) is 69.6. The lowest BCUT2D eigenvalue weighted by Crippen LogP contribution is -2.41. The van der Waals surface area contributed by atoms with Crippen molar-refractivity contribution in [3.8, 4) is 0 Å². The summed E-state index contributed by atoms with van der Waals surface area (Å²) < 4.78 is 16.7. The maximum atomic E-state index is 12.9. The molecule has 79 heavy (non-hydrogen) atoms. The van der Waals surface area contributed by atoms with Gasteiger partial charge in [-0.1, -0.05) is 202 Å². The van der Waals surface area contributed by atoms with E-state index in [-0.39, 0.29) is 44.3 Å². The number of aliphatic carboxylic acids is 4. The molecule has 0 aliphatic heterocycles. The number of hydrogen-bond donors (Lipinski definition) is 4. The highest BCUT2D eigenvalue weighted by molar-refractivity contribution is 5.82. The molecule has 2 aliphatic rings. The number of carboxylic acids is 4. The van der Waals surface area contributed by atoms with Crippen LogP contribution >= 0.6 is 0 Å². The summed E-state index contributed by atoms with van der Waals surface area (Å²) in [6, 6.07) is 0. The normalized spacial score (nSPS) is 21.6. The van der Waals surface area contributed by atoms with E-state index in [4.69, 9.17) is 14.2 Å². The van der Waals surface area contributed by atoms with Gasteiger partial charge in [0.15, 0.2) is 6.10 Å². The molecule has 0 aromatic rings. The summed E-state index contributed by atoms with van der Waals surface area (Å²) in [6.07, 6.45) is 50.8. The molecule has 0 aromatic heterocycles. The second-order valence-electron chi connectivity index (χ2n) is 21.6. The highest BCUT2D eigenvalue weighted by atomic mass is 16.6. The highest BCUT2D eigenvalue weighted by Crippen LogP contribution is 2.40. The molecule has 0 spiro atoms. The Bertz CT molecular complexity index is 1870. The summed E-state index contributed by atoms with van der Waals surface area (Å²) in [5, 5.41) is 39.8. The van der Waals surface area contributed by atoms with Gasteiger partial charge >= 0.3 is 41.8 Å². The Balaban J connectivity index is 1.78. The van der Waals surface area contributed by atoms with Crippen LogP contribution in [0.15, 0.2) is 85.1 Å². The van der Waals surface area contributed by atoms with E-state index in [0.717, 1.165) is 128 Å². The Labute approximate surface area is 473 Å².